The zero-order valence-electron chi connectivity index (χ0n) is 12.1. The third-order valence-electron chi connectivity index (χ3n) is 3.56. The van der Waals surface area contributed by atoms with Crippen LogP contribution >= 0.6 is 12.4 Å². The van der Waals surface area contributed by atoms with Gasteiger partial charge in [0.25, 0.3) is 0 Å². The van der Waals surface area contributed by atoms with Gasteiger partial charge in [-0.15, -0.1) is 12.4 Å². The number of hydrogen-bond donors (Lipinski definition) is 1. The topological polar surface area (TPSA) is 49.4 Å². The summed E-state index contributed by atoms with van der Waals surface area (Å²) in [4.78, 5) is -0.311. The lowest BCUT2D eigenvalue weighted by molar-refractivity contribution is -0.138. The Kier molecular flexibility index (Phi) is 5.88. The van der Waals surface area contributed by atoms with Crippen molar-refractivity contribution in [3.63, 3.8) is 0 Å². The molecule has 1 N–H and O–H groups in total. The summed E-state index contributed by atoms with van der Waals surface area (Å²) in [5.74, 6) is 0. The fourth-order valence-corrected chi connectivity index (χ4v) is 4.04. The Morgan fingerprint density at radius 2 is 1.95 bits per heavy atom. The van der Waals surface area contributed by atoms with Gasteiger partial charge >= 0.3 is 6.18 Å². The third-order valence-corrected chi connectivity index (χ3v) is 5.57. The molecule has 0 saturated carbocycles. The second-order valence-electron chi connectivity index (χ2n) is 5.14. The van der Waals surface area contributed by atoms with Gasteiger partial charge in [0.05, 0.1) is 10.5 Å². The number of halogens is 4. The number of nitrogens with one attached hydrogen (secondary N) is 1. The molecule has 0 aromatic heterocycles. The number of alkyl halides is 3. The van der Waals surface area contributed by atoms with E-state index >= 15 is 0 Å². The van der Waals surface area contributed by atoms with Crippen LogP contribution in [0.4, 0.5) is 13.2 Å². The van der Waals surface area contributed by atoms with Crippen molar-refractivity contribution < 1.29 is 21.6 Å². The summed E-state index contributed by atoms with van der Waals surface area (Å²) in [5.41, 5.74) is -0.902. The highest BCUT2D eigenvalue weighted by Crippen LogP contribution is 2.34. The van der Waals surface area contributed by atoms with E-state index in [2.05, 4.69) is 5.32 Å². The van der Waals surface area contributed by atoms with Gasteiger partial charge in [-0.3, -0.25) is 0 Å². The lowest BCUT2D eigenvalue weighted by Crippen LogP contribution is -2.52. The highest BCUT2D eigenvalue weighted by Gasteiger charge is 2.36. The first-order valence-corrected chi connectivity index (χ1v) is 7.98. The first-order valence-electron chi connectivity index (χ1n) is 6.54. The molecular weight excluding hydrogens is 341 g/mol. The van der Waals surface area contributed by atoms with Crippen LogP contribution in [-0.2, 0) is 16.2 Å². The molecule has 1 aliphatic heterocycles. The van der Waals surface area contributed by atoms with Crippen LogP contribution in [0.25, 0.3) is 0 Å². The van der Waals surface area contributed by atoms with Crippen LogP contribution in [0.3, 0.4) is 0 Å². The minimum absolute atomic E-state index is 0. The maximum atomic E-state index is 12.9. The van der Waals surface area contributed by atoms with Gasteiger partial charge in [0.2, 0.25) is 10.0 Å². The summed E-state index contributed by atoms with van der Waals surface area (Å²) < 4.78 is 65.0. The minimum Gasteiger partial charge on any atom is -0.314 e. The number of piperazine rings is 1. The third kappa shape index (κ3) is 3.73. The summed E-state index contributed by atoms with van der Waals surface area (Å²) in [6.45, 7) is 4.26. The van der Waals surface area contributed by atoms with Crippen molar-refractivity contribution in [2.45, 2.75) is 31.0 Å². The van der Waals surface area contributed by atoms with Crippen LogP contribution in [0.2, 0.25) is 0 Å². The van der Waals surface area contributed by atoms with Crippen LogP contribution in [0.1, 0.15) is 18.1 Å². The molecule has 0 bridgehead atoms. The molecule has 4 nitrogen and oxygen atoms in total. The first-order chi connectivity index (χ1) is 9.64. The van der Waals surface area contributed by atoms with Crippen molar-refractivity contribution >= 4 is 22.4 Å². The second kappa shape index (κ2) is 6.74. The number of sulfonamides is 1. The maximum absolute atomic E-state index is 12.9. The minimum atomic E-state index is -4.56. The van der Waals surface area contributed by atoms with E-state index in [0.717, 1.165) is 6.07 Å². The van der Waals surface area contributed by atoms with E-state index in [9.17, 15) is 21.6 Å². The van der Waals surface area contributed by atoms with Crippen molar-refractivity contribution in [1.29, 1.82) is 0 Å². The number of nitrogens with zero attached hydrogens (tertiary/aromatic N) is 1. The molecule has 0 radical (unpaired) electrons. The predicted octanol–water partition coefficient (Wildman–Crippen LogP) is 2.42. The summed E-state index contributed by atoms with van der Waals surface area (Å²) in [5, 5.41) is 3.05. The molecule has 1 aromatic rings. The second-order valence-corrected chi connectivity index (χ2v) is 7.03. The SMILES string of the molecule is Cc1ccc(S(=O)(=O)N2CCNCC2C)cc1C(F)(F)F.Cl. The molecule has 1 heterocycles. The zero-order valence-corrected chi connectivity index (χ0v) is 13.8. The van der Waals surface area contributed by atoms with E-state index in [1.165, 1.54) is 23.4 Å². The molecule has 1 unspecified atom stereocenters. The summed E-state index contributed by atoms with van der Waals surface area (Å²) in [6.07, 6.45) is -4.56. The quantitative estimate of drug-likeness (QED) is 0.883. The molecule has 1 saturated heterocycles. The van der Waals surface area contributed by atoms with Gasteiger partial charge in [-0.1, -0.05) is 6.07 Å². The normalized spacial score (nSPS) is 20.5. The molecule has 22 heavy (non-hydrogen) atoms. The van der Waals surface area contributed by atoms with E-state index < -0.39 is 21.8 Å². The van der Waals surface area contributed by atoms with E-state index in [1.54, 1.807) is 6.92 Å². The van der Waals surface area contributed by atoms with E-state index in [4.69, 9.17) is 0 Å². The van der Waals surface area contributed by atoms with E-state index in [-0.39, 0.29) is 35.5 Å². The van der Waals surface area contributed by atoms with Crippen LogP contribution in [0.15, 0.2) is 23.1 Å². The lowest BCUT2D eigenvalue weighted by Gasteiger charge is -2.33. The molecule has 0 spiro atoms. The molecule has 126 valence electrons. The van der Waals surface area contributed by atoms with Gasteiger partial charge in [-0.05, 0) is 31.5 Å². The zero-order chi connectivity index (χ0) is 15.8. The summed E-state index contributed by atoms with van der Waals surface area (Å²) >= 11 is 0. The molecule has 0 amide bonds. The van der Waals surface area contributed by atoms with Crippen molar-refractivity contribution in [1.82, 2.24) is 9.62 Å². The molecule has 1 atom stereocenters. The van der Waals surface area contributed by atoms with Gasteiger partial charge in [-0.25, -0.2) is 8.42 Å². The van der Waals surface area contributed by atoms with Gasteiger partial charge in [0, 0.05) is 25.7 Å². The number of rotatable bonds is 2. The molecule has 0 aliphatic carbocycles. The Morgan fingerprint density at radius 3 is 2.50 bits per heavy atom. The molecule has 9 heteroatoms. The Balaban J connectivity index is 0.00000242. The first kappa shape index (κ1) is 19.2. The molecule has 1 aliphatic rings. The molecule has 1 aromatic carbocycles. The Bertz CT molecular complexity index is 635. The van der Waals surface area contributed by atoms with Crippen molar-refractivity contribution in [3.05, 3.63) is 29.3 Å². The van der Waals surface area contributed by atoms with E-state index in [1.807, 2.05) is 0 Å². The largest absolute Gasteiger partial charge is 0.416 e. The monoisotopic (exact) mass is 358 g/mol. The summed E-state index contributed by atoms with van der Waals surface area (Å²) in [7, 11) is -3.92. The van der Waals surface area contributed by atoms with Crippen molar-refractivity contribution in [3.8, 4) is 0 Å². The van der Waals surface area contributed by atoms with Crippen LogP contribution in [-0.4, -0.2) is 38.4 Å². The number of hydrogen-bond acceptors (Lipinski definition) is 3. The Labute approximate surface area is 134 Å². The highest BCUT2D eigenvalue weighted by atomic mass is 35.5. The molecular formula is C13H18ClF3N2O2S. The van der Waals surface area contributed by atoms with Crippen LogP contribution in [0.5, 0.6) is 0 Å². The van der Waals surface area contributed by atoms with Gasteiger partial charge in [0.15, 0.2) is 0 Å². The highest BCUT2D eigenvalue weighted by molar-refractivity contribution is 7.89. The van der Waals surface area contributed by atoms with Crippen molar-refractivity contribution in [2.24, 2.45) is 0 Å². The summed E-state index contributed by atoms with van der Waals surface area (Å²) in [6, 6.07) is 2.86. The molecule has 2 rings (SSSR count). The van der Waals surface area contributed by atoms with E-state index in [0.29, 0.717) is 13.1 Å². The Morgan fingerprint density at radius 1 is 1.32 bits per heavy atom. The number of benzene rings is 1. The van der Waals surface area contributed by atoms with Crippen molar-refractivity contribution in [2.75, 3.05) is 19.6 Å². The van der Waals surface area contributed by atoms with Gasteiger partial charge < -0.3 is 5.32 Å². The van der Waals surface area contributed by atoms with Crippen LogP contribution < -0.4 is 5.32 Å². The van der Waals surface area contributed by atoms with Gasteiger partial charge in [0.1, 0.15) is 0 Å². The maximum Gasteiger partial charge on any atom is 0.416 e. The fourth-order valence-electron chi connectivity index (χ4n) is 2.38. The smallest absolute Gasteiger partial charge is 0.314 e. The average molecular weight is 359 g/mol. The fraction of sp³-hybridized carbons (Fsp3) is 0.538. The number of aryl methyl sites for hydroxylation is 1. The lowest BCUT2D eigenvalue weighted by atomic mass is 10.1. The average Bonchev–Trinajstić information content (AvgIpc) is 2.37. The van der Waals surface area contributed by atoms with Crippen LogP contribution in [0, 0.1) is 6.92 Å². The molecule has 1 fully saturated rings. The van der Waals surface area contributed by atoms with Gasteiger partial charge in [-0.2, -0.15) is 17.5 Å². The standard InChI is InChI=1S/C13H17F3N2O2S.ClH/c1-9-3-4-11(7-12(9)13(14,15)16)21(19,20)18-6-5-17-8-10(18)2;/h3-4,7,10,17H,5-6,8H2,1-2H3;1H. The Hall–Kier alpha value is -0.830. The predicted molar refractivity (Wildman–Crippen MR) is 79.7 cm³/mol.